The normalized spacial score (nSPS) is 31.0. The Morgan fingerprint density at radius 2 is 2.37 bits per heavy atom. The van der Waals surface area contributed by atoms with Crippen molar-refractivity contribution >= 4 is 28.3 Å². The highest BCUT2D eigenvalue weighted by molar-refractivity contribution is 7.95. The smallest absolute Gasteiger partial charge is 0.330 e. The molecule has 0 aromatic carbocycles. The first kappa shape index (κ1) is 21.2. The zero-order valence-corrected chi connectivity index (χ0v) is 19.5. The Kier molecular flexibility index (Phi) is 7.60. The first-order valence-corrected chi connectivity index (χ1v) is 12.2. The van der Waals surface area contributed by atoms with Crippen LogP contribution in [0.4, 0.5) is 0 Å². The number of H-pyrrole nitrogens is 1. The molecular weight excluding hydrogens is 428 g/mol. The van der Waals surface area contributed by atoms with Crippen molar-refractivity contribution < 1.29 is 18.0 Å². The van der Waals surface area contributed by atoms with Gasteiger partial charge in [0.1, 0.15) is 20.1 Å². The van der Waals surface area contributed by atoms with Gasteiger partial charge in [-0.15, -0.1) is 0 Å². The van der Waals surface area contributed by atoms with Crippen LogP contribution in [0.1, 0.15) is 45.4 Å². The Hall–Kier alpha value is -0.675. The Morgan fingerprint density at radius 3 is 3.10 bits per heavy atom. The molecule has 168 valence electrons. The molecule has 4 unspecified atom stereocenters. The van der Waals surface area contributed by atoms with Gasteiger partial charge in [-0.1, -0.05) is 0 Å². The number of ether oxygens (including phenoxy) is 1. The molecule has 0 aliphatic carbocycles. The SMILES string of the molecule is [2H]B([3H])CSOCC1OC(n2cc(C)c(=O)[nH]c2=O)CC1OP1O[C@@H](C)CCN1C(C)C. The zero-order valence-electron chi connectivity index (χ0n) is 19.8. The van der Waals surface area contributed by atoms with Gasteiger partial charge in [0.15, 0.2) is 0 Å². The van der Waals surface area contributed by atoms with Crippen LogP contribution in [0.15, 0.2) is 15.8 Å². The lowest BCUT2D eigenvalue weighted by Crippen LogP contribution is -2.38. The average molecular weight is 462 g/mol. The summed E-state index contributed by atoms with van der Waals surface area (Å²) < 4.78 is 42.4. The van der Waals surface area contributed by atoms with E-state index in [1.807, 2.05) is 6.92 Å². The van der Waals surface area contributed by atoms with Gasteiger partial charge in [0.05, 0.1) is 18.8 Å². The van der Waals surface area contributed by atoms with Gasteiger partial charge >= 0.3 is 5.69 Å². The Morgan fingerprint density at radius 1 is 1.57 bits per heavy atom. The van der Waals surface area contributed by atoms with E-state index >= 15 is 0 Å². The van der Waals surface area contributed by atoms with Crippen molar-refractivity contribution in [3.63, 3.8) is 0 Å². The van der Waals surface area contributed by atoms with Crippen LogP contribution in [0.5, 0.6) is 0 Å². The van der Waals surface area contributed by atoms with Crippen LogP contribution in [-0.4, -0.2) is 67.8 Å². The third-order valence-electron chi connectivity index (χ3n) is 5.09. The molecule has 2 saturated heterocycles. The lowest BCUT2D eigenvalue weighted by Gasteiger charge is -2.40. The fourth-order valence-corrected chi connectivity index (χ4v) is 5.55. The molecule has 9 nitrogen and oxygen atoms in total. The molecule has 1 aromatic heterocycles. The minimum absolute atomic E-state index is 0.0926. The fraction of sp³-hybridized carbons (Fsp3) is 0.778. The summed E-state index contributed by atoms with van der Waals surface area (Å²) in [5, 5.41) is 0. The Balaban J connectivity index is 1.76. The molecule has 3 heterocycles. The van der Waals surface area contributed by atoms with E-state index in [1.165, 1.54) is 10.8 Å². The van der Waals surface area contributed by atoms with Crippen LogP contribution < -0.4 is 11.2 Å². The van der Waals surface area contributed by atoms with Crippen LogP contribution in [0, 0.1) is 6.92 Å². The minimum atomic E-state index is -1.30. The van der Waals surface area contributed by atoms with Crippen molar-refractivity contribution in [1.29, 1.82) is 2.67 Å². The van der Waals surface area contributed by atoms with E-state index < -0.39 is 39.9 Å². The third-order valence-corrected chi connectivity index (χ3v) is 7.60. The van der Waals surface area contributed by atoms with Gasteiger partial charge in [-0.3, -0.25) is 14.3 Å². The molecule has 2 fully saturated rings. The molecule has 1 N–H and O–H groups in total. The molecule has 3 rings (SSSR count). The molecule has 0 amide bonds. The quantitative estimate of drug-likeness (QED) is 0.256. The van der Waals surface area contributed by atoms with Crippen molar-refractivity contribution in [2.45, 2.75) is 71.1 Å². The number of aryl methyl sites for hydroxylation is 1. The molecular formula is C18H31BN3O6PS. The number of aromatic amines is 1. The number of nitrogens with one attached hydrogen (secondary N) is 1. The van der Waals surface area contributed by atoms with E-state index in [2.05, 4.69) is 23.5 Å². The topological polar surface area (TPSA) is 95.0 Å². The second-order valence-electron chi connectivity index (χ2n) is 7.76. The van der Waals surface area contributed by atoms with E-state index in [-0.39, 0.29) is 30.5 Å². The average Bonchev–Trinajstić information content (AvgIpc) is 3.10. The number of hydrogen-bond donors (Lipinski definition) is 1. The van der Waals surface area contributed by atoms with E-state index in [0.29, 0.717) is 12.0 Å². The van der Waals surface area contributed by atoms with Crippen molar-refractivity contribution in [3.8, 4) is 0 Å². The predicted octanol–water partition coefficient (Wildman–Crippen LogP) is 1.52. The second kappa shape index (κ2) is 10.8. The van der Waals surface area contributed by atoms with Crippen LogP contribution in [0.3, 0.4) is 0 Å². The standard InChI is InChI=1S/C18H31BN3O6PS/c1-11(2)22-6-5-13(4)27-29(22)28-14-7-16(26-15(14)9-25-30-10-19)21-8-12(3)17(23)20-18(21)24/h8,11,13-16H,5-7,9-10,19H2,1-4H3,(H,20,23,24)/t13-,14?,15?,16?,29?/m0/s1/i19TD. The van der Waals surface area contributed by atoms with Crippen molar-refractivity contribution in [3.05, 3.63) is 32.6 Å². The molecule has 0 spiro atoms. The maximum absolute atomic E-state index is 12.4. The maximum atomic E-state index is 12.4. The van der Waals surface area contributed by atoms with Gasteiger partial charge in [0.2, 0.25) is 0 Å². The molecule has 0 bridgehead atoms. The van der Waals surface area contributed by atoms with Crippen LogP contribution in [-0.2, 0) is 18.0 Å². The van der Waals surface area contributed by atoms with Crippen LogP contribution in [0.2, 0.25) is 0 Å². The van der Waals surface area contributed by atoms with E-state index in [9.17, 15) is 9.59 Å². The first-order valence-electron chi connectivity index (χ1n) is 11.3. The lowest BCUT2D eigenvalue weighted by atomic mass is 10.2. The molecule has 0 radical (unpaired) electrons. The van der Waals surface area contributed by atoms with Crippen LogP contribution >= 0.6 is 20.6 Å². The number of rotatable bonds is 9. The summed E-state index contributed by atoms with van der Waals surface area (Å²) in [6.45, 7) is 8.92. The third kappa shape index (κ3) is 5.76. The van der Waals surface area contributed by atoms with E-state index in [4.69, 9.17) is 20.6 Å². The largest absolute Gasteiger partial charge is 0.349 e. The number of aromatic nitrogens is 2. The van der Waals surface area contributed by atoms with Crippen molar-refractivity contribution in [2.75, 3.05) is 18.8 Å². The Labute approximate surface area is 186 Å². The van der Waals surface area contributed by atoms with Crippen molar-refractivity contribution in [1.82, 2.24) is 14.2 Å². The highest BCUT2D eigenvalue weighted by Crippen LogP contribution is 2.52. The summed E-state index contributed by atoms with van der Waals surface area (Å²) in [5.41, 5.74) is -0.329. The van der Waals surface area contributed by atoms with Gasteiger partial charge in [-0.25, -0.2) is 9.46 Å². The molecule has 12 heteroatoms. The number of nitrogens with zero attached hydrogens (tertiary/aromatic N) is 2. The molecule has 2 aliphatic heterocycles. The second-order valence-corrected chi connectivity index (χ2v) is 9.97. The summed E-state index contributed by atoms with van der Waals surface area (Å²) in [6, 6.07) is 0.257. The monoisotopic (exact) mass is 462 g/mol. The maximum Gasteiger partial charge on any atom is 0.330 e. The van der Waals surface area contributed by atoms with Gasteiger partial charge in [-0.2, -0.15) is 0 Å². The molecule has 1 aromatic rings. The predicted molar refractivity (Wildman–Crippen MR) is 120 cm³/mol. The highest BCUT2D eigenvalue weighted by atomic mass is 32.2. The van der Waals surface area contributed by atoms with E-state index in [1.54, 1.807) is 6.92 Å². The van der Waals surface area contributed by atoms with Crippen molar-refractivity contribution in [2.24, 2.45) is 0 Å². The highest BCUT2D eigenvalue weighted by Gasteiger charge is 2.42. The summed E-state index contributed by atoms with van der Waals surface area (Å²) in [7, 11) is -2.28. The summed E-state index contributed by atoms with van der Waals surface area (Å²) in [6.07, 6.45) is 1.43. The van der Waals surface area contributed by atoms with Gasteiger partial charge in [0, 0.05) is 30.8 Å². The van der Waals surface area contributed by atoms with Gasteiger partial charge in [-0.05, 0) is 54.5 Å². The summed E-state index contributed by atoms with van der Waals surface area (Å²) in [5.74, 6) is 0. The fourth-order valence-electron chi connectivity index (χ4n) is 3.41. The van der Waals surface area contributed by atoms with Gasteiger partial charge in [0.25, 0.3) is 14.1 Å². The molecule has 0 saturated carbocycles. The van der Waals surface area contributed by atoms with Crippen LogP contribution in [0.25, 0.3) is 0 Å². The minimum Gasteiger partial charge on any atom is -0.349 e. The lowest BCUT2D eigenvalue weighted by molar-refractivity contribution is -0.0377. The zero-order chi connectivity index (χ0) is 23.4. The molecule has 2 aliphatic rings. The molecule has 30 heavy (non-hydrogen) atoms. The first-order chi connectivity index (χ1) is 15.2. The van der Waals surface area contributed by atoms with Gasteiger partial charge < -0.3 is 18.0 Å². The Bertz CT molecular complexity index is 878. The van der Waals surface area contributed by atoms with E-state index in [0.717, 1.165) is 25.0 Å². The summed E-state index contributed by atoms with van der Waals surface area (Å²) >= 11 is 1.04. The number of hydrogen-bond acceptors (Lipinski definition) is 8. The summed E-state index contributed by atoms with van der Waals surface area (Å²) in [4.78, 5) is 26.4. The molecule has 5 atom stereocenters.